The molecular formula is C10H22N4O2. The van der Waals surface area contributed by atoms with E-state index in [9.17, 15) is 9.59 Å². The minimum Gasteiger partial charge on any atom is -0.370 e. The van der Waals surface area contributed by atoms with E-state index in [0.717, 1.165) is 6.54 Å². The molecule has 1 atom stereocenters. The molecule has 0 saturated heterocycles. The van der Waals surface area contributed by atoms with E-state index >= 15 is 0 Å². The third-order valence-corrected chi connectivity index (χ3v) is 2.40. The molecule has 0 heterocycles. The fourth-order valence-electron chi connectivity index (χ4n) is 1.05. The van der Waals surface area contributed by atoms with Gasteiger partial charge in [-0.1, -0.05) is 0 Å². The van der Waals surface area contributed by atoms with Gasteiger partial charge < -0.3 is 21.7 Å². The Labute approximate surface area is 96.3 Å². The van der Waals surface area contributed by atoms with Gasteiger partial charge in [0.25, 0.3) is 0 Å². The van der Waals surface area contributed by atoms with Crippen LogP contribution in [0.2, 0.25) is 0 Å². The highest BCUT2D eigenvalue weighted by Gasteiger charge is 2.15. The summed E-state index contributed by atoms with van der Waals surface area (Å²) in [5.41, 5.74) is 10.4. The summed E-state index contributed by atoms with van der Waals surface area (Å²) in [5, 5.41) is 2.66. The predicted molar refractivity (Wildman–Crippen MR) is 62.6 cm³/mol. The molecule has 0 aliphatic rings. The summed E-state index contributed by atoms with van der Waals surface area (Å²) in [6.45, 7) is 5.40. The van der Waals surface area contributed by atoms with Crippen LogP contribution in [0.5, 0.6) is 0 Å². The first-order valence-corrected chi connectivity index (χ1v) is 5.36. The Bertz CT molecular complexity index is 243. The summed E-state index contributed by atoms with van der Waals surface area (Å²) in [6, 6.07) is -0.418. The van der Waals surface area contributed by atoms with Gasteiger partial charge >= 0.3 is 0 Å². The van der Waals surface area contributed by atoms with Crippen LogP contribution in [0.15, 0.2) is 0 Å². The molecule has 0 rings (SSSR count). The fraction of sp³-hybridized carbons (Fsp3) is 0.800. The zero-order valence-corrected chi connectivity index (χ0v) is 10.2. The van der Waals surface area contributed by atoms with Gasteiger partial charge in [-0.2, -0.15) is 0 Å². The molecule has 5 N–H and O–H groups in total. The van der Waals surface area contributed by atoms with Gasteiger partial charge in [0, 0.05) is 19.1 Å². The van der Waals surface area contributed by atoms with Crippen LogP contribution in [0.1, 0.15) is 20.3 Å². The van der Waals surface area contributed by atoms with Gasteiger partial charge in [0.2, 0.25) is 11.8 Å². The van der Waals surface area contributed by atoms with Gasteiger partial charge in [-0.3, -0.25) is 9.59 Å². The van der Waals surface area contributed by atoms with Crippen LogP contribution in [0, 0.1) is 0 Å². The van der Waals surface area contributed by atoms with Crippen molar-refractivity contribution in [3.63, 3.8) is 0 Å². The number of likely N-dealkylation sites (N-methyl/N-ethyl adjacent to an activating group) is 1. The number of primary amides is 1. The highest BCUT2D eigenvalue weighted by molar-refractivity contribution is 5.87. The number of nitrogens with two attached hydrogens (primary N) is 2. The van der Waals surface area contributed by atoms with Crippen LogP contribution < -0.4 is 16.8 Å². The molecule has 6 heteroatoms. The monoisotopic (exact) mass is 230 g/mol. The molecule has 0 aromatic carbocycles. The van der Waals surface area contributed by atoms with Gasteiger partial charge in [0.1, 0.15) is 0 Å². The van der Waals surface area contributed by atoms with E-state index in [4.69, 9.17) is 11.5 Å². The smallest absolute Gasteiger partial charge is 0.237 e. The van der Waals surface area contributed by atoms with Crippen LogP contribution in [-0.2, 0) is 9.59 Å². The summed E-state index contributed by atoms with van der Waals surface area (Å²) in [6.07, 6.45) is -0.119. The normalized spacial score (nSPS) is 12.9. The molecular weight excluding hydrogens is 208 g/mol. The molecule has 0 spiro atoms. The first-order valence-electron chi connectivity index (χ1n) is 5.36. The number of hydrogen-bond donors (Lipinski definition) is 3. The van der Waals surface area contributed by atoms with Crippen LogP contribution in [0.3, 0.4) is 0 Å². The van der Waals surface area contributed by atoms with E-state index in [2.05, 4.69) is 24.1 Å². The average molecular weight is 230 g/mol. The molecule has 6 nitrogen and oxygen atoms in total. The quantitative estimate of drug-likeness (QED) is 0.503. The van der Waals surface area contributed by atoms with Gasteiger partial charge in [0.05, 0.1) is 12.5 Å². The summed E-state index contributed by atoms with van der Waals surface area (Å²) in [4.78, 5) is 24.0. The molecule has 0 aromatic heterocycles. The van der Waals surface area contributed by atoms with E-state index in [1.807, 2.05) is 7.05 Å². The van der Waals surface area contributed by atoms with E-state index in [0.29, 0.717) is 12.6 Å². The second-order valence-electron chi connectivity index (χ2n) is 4.14. The van der Waals surface area contributed by atoms with E-state index in [1.165, 1.54) is 0 Å². The van der Waals surface area contributed by atoms with Crippen molar-refractivity contribution in [2.24, 2.45) is 11.5 Å². The van der Waals surface area contributed by atoms with Crippen molar-refractivity contribution in [3.8, 4) is 0 Å². The molecule has 16 heavy (non-hydrogen) atoms. The fourth-order valence-corrected chi connectivity index (χ4v) is 1.05. The maximum atomic E-state index is 11.4. The van der Waals surface area contributed by atoms with Crippen molar-refractivity contribution < 1.29 is 9.59 Å². The van der Waals surface area contributed by atoms with E-state index < -0.39 is 11.9 Å². The van der Waals surface area contributed by atoms with Crippen molar-refractivity contribution in [1.82, 2.24) is 10.2 Å². The molecule has 0 bridgehead atoms. The Morgan fingerprint density at radius 3 is 2.38 bits per heavy atom. The van der Waals surface area contributed by atoms with Crippen molar-refractivity contribution >= 4 is 11.8 Å². The van der Waals surface area contributed by atoms with Crippen molar-refractivity contribution in [1.29, 1.82) is 0 Å². The second-order valence-corrected chi connectivity index (χ2v) is 4.14. The lowest BCUT2D eigenvalue weighted by atomic mass is 10.2. The molecule has 0 fully saturated rings. The van der Waals surface area contributed by atoms with Crippen molar-refractivity contribution in [3.05, 3.63) is 0 Å². The van der Waals surface area contributed by atoms with Crippen molar-refractivity contribution in [2.75, 3.05) is 20.1 Å². The molecule has 0 aliphatic carbocycles. The van der Waals surface area contributed by atoms with Crippen molar-refractivity contribution in [2.45, 2.75) is 32.4 Å². The van der Waals surface area contributed by atoms with Crippen LogP contribution >= 0.6 is 0 Å². The van der Waals surface area contributed by atoms with E-state index in [-0.39, 0.29) is 12.3 Å². The number of nitrogens with one attached hydrogen (secondary N) is 1. The first-order chi connectivity index (χ1) is 7.34. The zero-order chi connectivity index (χ0) is 12.7. The second kappa shape index (κ2) is 7.19. The Balaban J connectivity index is 3.77. The Morgan fingerprint density at radius 2 is 1.94 bits per heavy atom. The largest absolute Gasteiger partial charge is 0.370 e. The minimum atomic E-state index is -0.846. The summed E-state index contributed by atoms with van der Waals surface area (Å²) in [5.74, 6) is -0.905. The summed E-state index contributed by atoms with van der Waals surface area (Å²) >= 11 is 0. The minimum absolute atomic E-state index is 0.119. The number of hydrogen-bond acceptors (Lipinski definition) is 4. The number of carbonyl (C=O) groups excluding carboxylic acids is 2. The Hall–Kier alpha value is -1.14. The highest BCUT2D eigenvalue weighted by atomic mass is 16.2. The lowest BCUT2D eigenvalue weighted by molar-refractivity contribution is -0.126. The maximum Gasteiger partial charge on any atom is 0.237 e. The summed E-state index contributed by atoms with van der Waals surface area (Å²) in [7, 11) is 1.97. The maximum absolute atomic E-state index is 11.4. The SMILES string of the molecule is CC(C)N(C)CCNC(=O)C(N)CC(N)=O. The zero-order valence-electron chi connectivity index (χ0n) is 10.2. The van der Waals surface area contributed by atoms with Gasteiger partial charge in [0.15, 0.2) is 0 Å². The first kappa shape index (κ1) is 14.9. The van der Waals surface area contributed by atoms with Gasteiger partial charge in [-0.25, -0.2) is 0 Å². The summed E-state index contributed by atoms with van der Waals surface area (Å²) < 4.78 is 0. The van der Waals surface area contributed by atoms with Gasteiger partial charge in [-0.15, -0.1) is 0 Å². The number of amides is 2. The molecule has 1 unspecified atom stereocenters. The van der Waals surface area contributed by atoms with Crippen LogP contribution in [0.4, 0.5) is 0 Å². The van der Waals surface area contributed by atoms with Crippen LogP contribution in [0.25, 0.3) is 0 Å². The van der Waals surface area contributed by atoms with Crippen LogP contribution in [-0.4, -0.2) is 48.9 Å². The molecule has 2 amide bonds. The standard InChI is InChI=1S/C10H22N4O2/c1-7(2)14(3)5-4-13-10(16)8(11)6-9(12)15/h7-8H,4-6,11H2,1-3H3,(H2,12,15)(H,13,16). The third kappa shape index (κ3) is 6.36. The van der Waals surface area contributed by atoms with E-state index in [1.54, 1.807) is 0 Å². The lowest BCUT2D eigenvalue weighted by Crippen LogP contribution is -2.45. The third-order valence-electron chi connectivity index (χ3n) is 2.40. The molecule has 94 valence electrons. The number of carbonyl (C=O) groups is 2. The molecule has 0 radical (unpaired) electrons. The van der Waals surface area contributed by atoms with Gasteiger partial charge in [-0.05, 0) is 20.9 Å². The number of nitrogens with zero attached hydrogens (tertiary/aromatic N) is 1. The topological polar surface area (TPSA) is 101 Å². The predicted octanol–water partition coefficient (Wildman–Crippen LogP) is -1.35. The Kier molecular flexibility index (Phi) is 6.67. The molecule has 0 aliphatic heterocycles. The highest BCUT2D eigenvalue weighted by Crippen LogP contribution is 1.91. The lowest BCUT2D eigenvalue weighted by Gasteiger charge is -2.21. The molecule has 0 saturated carbocycles. The Morgan fingerprint density at radius 1 is 1.38 bits per heavy atom. The molecule has 0 aromatic rings. The number of rotatable bonds is 7. The average Bonchev–Trinajstić information content (AvgIpc) is 2.15.